The van der Waals surface area contributed by atoms with Crippen molar-refractivity contribution >= 4 is 23.4 Å². The predicted octanol–water partition coefficient (Wildman–Crippen LogP) is 4.21. The molecule has 1 aromatic heterocycles. The van der Waals surface area contributed by atoms with E-state index in [-0.39, 0.29) is 11.8 Å². The van der Waals surface area contributed by atoms with Crippen LogP contribution in [0, 0.1) is 5.92 Å². The third-order valence-electron chi connectivity index (χ3n) is 7.47. The molecule has 0 spiro atoms. The van der Waals surface area contributed by atoms with Gasteiger partial charge in [-0.2, -0.15) is 4.98 Å². The molecule has 1 atom stereocenters. The van der Waals surface area contributed by atoms with Crippen LogP contribution >= 0.6 is 0 Å². The molecular formula is C27H38N6O2. The first-order valence-electron chi connectivity index (χ1n) is 13.2. The smallest absolute Gasteiger partial charge is 0.229 e. The van der Waals surface area contributed by atoms with Gasteiger partial charge in [0.25, 0.3) is 0 Å². The van der Waals surface area contributed by atoms with E-state index in [4.69, 9.17) is 9.72 Å². The van der Waals surface area contributed by atoms with Gasteiger partial charge in [-0.3, -0.25) is 9.69 Å². The molecule has 2 aromatic rings. The number of nitrogens with one attached hydrogen (secondary N) is 3. The van der Waals surface area contributed by atoms with Gasteiger partial charge in [-0.1, -0.05) is 18.6 Å². The molecule has 35 heavy (non-hydrogen) atoms. The van der Waals surface area contributed by atoms with Gasteiger partial charge in [0.2, 0.25) is 11.9 Å². The maximum atomic E-state index is 12.0. The van der Waals surface area contributed by atoms with Crippen molar-refractivity contribution in [2.24, 2.45) is 5.92 Å². The summed E-state index contributed by atoms with van der Waals surface area (Å²) in [6.45, 7) is 7.24. The Bertz CT molecular complexity index is 1000. The van der Waals surface area contributed by atoms with Gasteiger partial charge in [0.15, 0.2) is 0 Å². The number of amides is 1. The van der Waals surface area contributed by atoms with Gasteiger partial charge in [0.1, 0.15) is 5.82 Å². The number of hydrogen-bond acceptors (Lipinski definition) is 7. The van der Waals surface area contributed by atoms with Crippen molar-refractivity contribution in [1.82, 2.24) is 20.2 Å². The van der Waals surface area contributed by atoms with Crippen molar-refractivity contribution < 1.29 is 9.53 Å². The summed E-state index contributed by atoms with van der Waals surface area (Å²) in [6.07, 6.45) is 8.50. The SMILES string of the molecule is CC(c1cccc(Nc2ncc(C3CC3)c(NCCCNC(=O)C3CCC3)n2)c1)N1CCOCC1. The number of benzene rings is 1. The Morgan fingerprint density at radius 1 is 1.17 bits per heavy atom. The maximum Gasteiger partial charge on any atom is 0.229 e. The Hall–Kier alpha value is -2.71. The van der Waals surface area contributed by atoms with Crippen LogP contribution < -0.4 is 16.0 Å². The minimum absolute atomic E-state index is 0.216. The molecule has 1 aromatic carbocycles. The fourth-order valence-corrected chi connectivity index (χ4v) is 4.79. The Balaban J connectivity index is 1.18. The van der Waals surface area contributed by atoms with Gasteiger partial charge >= 0.3 is 0 Å². The maximum absolute atomic E-state index is 12.0. The summed E-state index contributed by atoms with van der Waals surface area (Å²) in [7, 11) is 0. The van der Waals surface area contributed by atoms with Crippen molar-refractivity contribution in [2.75, 3.05) is 50.0 Å². The number of carbonyl (C=O) groups excluding carboxylic acids is 1. The van der Waals surface area contributed by atoms with Crippen LogP contribution in [0.4, 0.5) is 17.5 Å². The third kappa shape index (κ3) is 6.30. The highest BCUT2D eigenvalue weighted by Gasteiger charge is 2.28. The van der Waals surface area contributed by atoms with E-state index >= 15 is 0 Å². The number of ether oxygens (including phenoxy) is 1. The highest BCUT2D eigenvalue weighted by molar-refractivity contribution is 5.79. The molecule has 8 heteroatoms. The van der Waals surface area contributed by atoms with E-state index in [9.17, 15) is 4.79 Å². The molecule has 8 nitrogen and oxygen atoms in total. The number of nitrogens with zero attached hydrogens (tertiary/aromatic N) is 3. The molecule has 0 radical (unpaired) electrons. The Labute approximate surface area is 208 Å². The van der Waals surface area contributed by atoms with E-state index < -0.39 is 0 Å². The fraction of sp³-hybridized carbons (Fsp3) is 0.593. The number of anilines is 3. The minimum Gasteiger partial charge on any atom is -0.379 e. The van der Waals surface area contributed by atoms with Crippen LogP contribution in [0.3, 0.4) is 0 Å². The molecular weight excluding hydrogens is 440 g/mol. The zero-order chi connectivity index (χ0) is 24.0. The van der Waals surface area contributed by atoms with E-state index in [0.717, 1.165) is 63.6 Å². The summed E-state index contributed by atoms with van der Waals surface area (Å²) in [4.78, 5) is 23.9. The van der Waals surface area contributed by atoms with Crippen LogP contribution in [0.25, 0.3) is 0 Å². The molecule has 1 aliphatic heterocycles. The topological polar surface area (TPSA) is 91.4 Å². The van der Waals surface area contributed by atoms with Crippen molar-refractivity contribution in [2.45, 2.75) is 57.4 Å². The van der Waals surface area contributed by atoms with Crippen molar-refractivity contribution in [3.63, 3.8) is 0 Å². The molecule has 3 N–H and O–H groups in total. The van der Waals surface area contributed by atoms with Crippen LogP contribution in [0.2, 0.25) is 0 Å². The number of aromatic nitrogens is 2. The third-order valence-corrected chi connectivity index (χ3v) is 7.47. The van der Waals surface area contributed by atoms with Crippen LogP contribution in [-0.2, 0) is 9.53 Å². The van der Waals surface area contributed by atoms with Gasteiger partial charge in [-0.15, -0.1) is 0 Å². The van der Waals surface area contributed by atoms with Gasteiger partial charge in [0.05, 0.1) is 13.2 Å². The minimum atomic E-state index is 0.216. The van der Waals surface area contributed by atoms with Gasteiger partial charge in [0, 0.05) is 55.6 Å². The average molecular weight is 479 g/mol. The molecule has 1 amide bonds. The summed E-state index contributed by atoms with van der Waals surface area (Å²) in [5, 5.41) is 9.98. The van der Waals surface area contributed by atoms with Crippen molar-refractivity contribution in [1.29, 1.82) is 0 Å². The normalized spacial score (nSPS) is 19.6. The summed E-state index contributed by atoms with van der Waals surface area (Å²) in [5.41, 5.74) is 3.46. The van der Waals surface area contributed by atoms with Gasteiger partial charge in [-0.25, -0.2) is 4.98 Å². The molecule has 2 heterocycles. The Kier molecular flexibility index (Phi) is 7.79. The number of morpholine rings is 1. The highest BCUT2D eigenvalue weighted by atomic mass is 16.5. The lowest BCUT2D eigenvalue weighted by molar-refractivity contribution is -0.127. The van der Waals surface area contributed by atoms with E-state index in [1.54, 1.807) is 0 Å². The first-order chi connectivity index (χ1) is 17.2. The molecule has 3 fully saturated rings. The summed E-state index contributed by atoms with van der Waals surface area (Å²) < 4.78 is 5.50. The standard InChI is InChI=1S/C27H38N6O2/c1-19(33-13-15-35-16-14-33)22-7-3-8-23(17-22)31-27-30-18-24(20-9-10-20)25(32-27)28-11-4-12-29-26(34)21-5-2-6-21/h3,7-8,17-21H,2,4-6,9-16H2,1H3,(H,29,34)(H2,28,30,31,32). The van der Waals surface area contributed by atoms with Crippen molar-refractivity contribution in [3.05, 3.63) is 41.6 Å². The van der Waals surface area contributed by atoms with E-state index in [0.29, 0.717) is 24.5 Å². The Morgan fingerprint density at radius 2 is 2.00 bits per heavy atom. The number of carbonyl (C=O) groups is 1. The van der Waals surface area contributed by atoms with E-state index in [1.165, 1.54) is 30.4 Å². The number of hydrogen-bond donors (Lipinski definition) is 3. The second-order valence-corrected chi connectivity index (χ2v) is 10.0. The molecule has 2 aliphatic carbocycles. The fourth-order valence-electron chi connectivity index (χ4n) is 4.79. The van der Waals surface area contributed by atoms with Crippen LogP contribution in [0.5, 0.6) is 0 Å². The summed E-state index contributed by atoms with van der Waals surface area (Å²) >= 11 is 0. The summed E-state index contributed by atoms with van der Waals surface area (Å²) in [5.74, 6) is 2.53. The van der Waals surface area contributed by atoms with Crippen LogP contribution in [0.15, 0.2) is 30.5 Å². The van der Waals surface area contributed by atoms with Crippen molar-refractivity contribution in [3.8, 4) is 0 Å². The predicted molar refractivity (Wildman–Crippen MR) is 138 cm³/mol. The second kappa shape index (κ2) is 11.4. The summed E-state index contributed by atoms with van der Waals surface area (Å²) in [6, 6.07) is 8.85. The zero-order valence-electron chi connectivity index (χ0n) is 20.8. The lowest BCUT2D eigenvalue weighted by Crippen LogP contribution is -2.38. The average Bonchev–Trinajstić information content (AvgIpc) is 3.69. The monoisotopic (exact) mass is 478 g/mol. The lowest BCUT2D eigenvalue weighted by atomic mass is 9.85. The largest absolute Gasteiger partial charge is 0.379 e. The highest BCUT2D eigenvalue weighted by Crippen LogP contribution is 2.42. The van der Waals surface area contributed by atoms with Crippen LogP contribution in [0.1, 0.15) is 68.5 Å². The first-order valence-corrected chi connectivity index (χ1v) is 13.2. The first kappa shape index (κ1) is 24.0. The zero-order valence-corrected chi connectivity index (χ0v) is 20.8. The van der Waals surface area contributed by atoms with Crippen LogP contribution in [-0.4, -0.2) is 60.2 Å². The molecule has 1 unspecified atom stereocenters. The Morgan fingerprint density at radius 3 is 2.74 bits per heavy atom. The molecule has 2 saturated carbocycles. The molecule has 1 saturated heterocycles. The second-order valence-electron chi connectivity index (χ2n) is 10.0. The van der Waals surface area contributed by atoms with E-state index in [2.05, 4.69) is 57.0 Å². The number of rotatable bonds is 11. The molecule has 3 aliphatic rings. The van der Waals surface area contributed by atoms with E-state index in [1.807, 2.05) is 6.20 Å². The lowest BCUT2D eigenvalue weighted by Gasteiger charge is -2.32. The molecule has 5 rings (SSSR count). The van der Waals surface area contributed by atoms with Gasteiger partial charge in [-0.05, 0) is 62.6 Å². The molecule has 0 bridgehead atoms. The van der Waals surface area contributed by atoms with Gasteiger partial charge < -0.3 is 20.7 Å². The molecule has 188 valence electrons. The quantitative estimate of drug-likeness (QED) is 0.417.